The van der Waals surface area contributed by atoms with Gasteiger partial charge in [-0.25, -0.2) is 8.78 Å². The number of hydrogen-bond donors (Lipinski definition) is 1. The summed E-state index contributed by atoms with van der Waals surface area (Å²) in [6, 6.07) is 11.0. The summed E-state index contributed by atoms with van der Waals surface area (Å²) in [5, 5.41) is 9.17. The molecule has 2 aromatic carbocycles. The molecule has 10 heteroatoms. The van der Waals surface area contributed by atoms with Crippen molar-refractivity contribution in [3.05, 3.63) is 53.3 Å². The highest BCUT2D eigenvalue weighted by Gasteiger charge is 2.37. The molecule has 0 spiro atoms. The first-order valence-corrected chi connectivity index (χ1v) is 13.6. The number of aliphatic carboxylic acids is 1. The number of hydrogen-bond acceptors (Lipinski definition) is 6. The summed E-state index contributed by atoms with van der Waals surface area (Å²) in [5.41, 5.74) is 2.71. The number of carboxylic acids is 1. The van der Waals surface area contributed by atoms with Crippen LogP contribution in [-0.4, -0.2) is 64.9 Å². The van der Waals surface area contributed by atoms with Crippen LogP contribution < -0.4 is 4.90 Å². The number of carboxylic acid groups (broad SMARTS) is 1. The van der Waals surface area contributed by atoms with Crippen LogP contribution in [0.1, 0.15) is 43.2 Å². The van der Waals surface area contributed by atoms with Gasteiger partial charge in [-0.2, -0.15) is 4.98 Å². The third-order valence-corrected chi connectivity index (χ3v) is 8.26. The molecular formula is C29H31F2N3O5. The molecule has 1 aromatic heterocycles. The summed E-state index contributed by atoms with van der Waals surface area (Å²) >= 11 is 0. The molecule has 1 N–H and O–H groups in total. The second kappa shape index (κ2) is 10.6. The molecular weight excluding hydrogens is 508 g/mol. The fourth-order valence-corrected chi connectivity index (χ4v) is 6.09. The van der Waals surface area contributed by atoms with E-state index in [1.165, 1.54) is 16.5 Å². The smallest absolute Gasteiger partial charge is 0.306 e. The van der Waals surface area contributed by atoms with Gasteiger partial charge in [0.15, 0.2) is 11.4 Å². The van der Waals surface area contributed by atoms with Crippen molar-refractivity contribution in [1.82, 2.24) is 9.88 Å². The number of aromatic nitrogens is 1. The van der Waals surface area contributed by atoms with Crippen molar-refractivity contribution in [3.8, 4) is 0 Å². The van der Waals surface area contributed by atoms with E-state index in [1.807, 2.05) is 29.2 Å². The Kier molecular flexibility index (Phi) is 6.97. The molecule has 0 radical (unpaired) electrons. The van der Waals surface area contributed by atoms with Crippen LogP contribution >= 0.6 is 0 Å². The lowest BCUT2D eigenvalue weighted by Crippen LogP contribution is -2.40. The molecule has 0 bridgehead atoms. The van der Waals surface area contributed by atoms with Crippen molar-refractivity contribution in [2.45, 2.75) is 63.3 Å². The Balaban J connectivity index is 1.12. The second-order valence-electron chi connectivity index (χ2n) is 10.8. The van der Waals surface area contributed by atoms with Gasteiger partial charge in [-0.1, -0.05) is 24.3 Å². The number of halogens is 2. The lowest BCUT2D eigenvalue weighted by Gasteiger charge is -2.29. The van der Waals surface area contributed by atoms with E-state index in [9.17, 15) is 19.1 Å². The molecule has 206 valence electrons. The van der Waals surface area contributed by atoms with Crippen LogP contribution in [0.4, 0.5) is 20.5 Å². The Bertz CT molecular complexity index is 1390. The Morgan fingerprint density at radius 3 is 2.72 bits per heavy atom. The number of rotatable bonds is 7. The minimum absolute atomic E-state index is 0.00122. The van der Waals surface area contributed by atoms with Gasteiger partial charge in [0.05, 0.1) is 37.6 Å². The van der Waals surface area contributed by atoms with Crippen molar-refractivity contribution in [3.63, 3.8) is 0 Å². The number of alkyl halides is 1. The summed E-state index contributed by atoms with van der Waals surface area (Å²) in [5.74, 6) is -2.13. The summed E-state index contributed by atoms with van der Waals surface area (Å²) in [6.07, 6.45) is 1.88. The molecule has 8 nitrogen and oxygen atoms in total. The summed E-state index contributed by atoms with van der Waals surface area (Å²) in [7, 11) is 0. The topological polar surface area (TPSA) is 96.1 Å². The van der Waals surface area contributed by atoms with Gasteiger partial charge in [0.25, 0.3) is 0 Å². The van der Waals surface area contributed by atoms with Crippen molar-refractivity contribution in [1.29, 1.82) is 0 Å². The summed E-state index contributed by atoms with van der Waals surface area (Å²) in [4.78, 5) is 32.2. The Labute approximate surface area is 224 Å². The normalized spacial score (nSPS) is 24.9. The van der Waals surface area contributed by atoms with Gasteiger partial charge >= 0.3 is 12.0 Å². The largest absolute Gasteiger partial charge is 0.481 e. The van der Waals surface area contributed by atoms with Crippen molar-refractivity contribution in [2.24, 2.45) is 5.92 Å². The Hall–Kier alpha value is -3.53. The van der Waals surface area contributed by atoms with E-state index in [-0.39, 0.29) is 55.1 Å². The van der Waals surface area contributed by atoms with Crippen LogP contribution in [-0.2, 0) is 27.2 Å². The van der Waals surface area contributed by atoms with Crippen LogP contribution in [0.25, 0.3) is 11.1 Å². The highest BCUT2D eigenvalue weighted by atomic mass is 19.1. The number of nitrogens with zero attached hydrogens (tertiary/aromatic N) is 3. The first-order chi connectivity index (χ1) is 18.9. The van der Waals surface area contributed by atoms with Gasteiger partial charge in [0.1, 0.15) is 11.7 Å². The maximum Gasteiger partial charge on any atom is 0.306 e. The molecule has 1 saturated heterocycles. The zero-order chi connectivity index (χ0) is 27.1. The molecule has 3 aromatic rings. The minimum atomic E-state index is -1.17. The first kappa shape index (κ1) is 25.7. The minimum Gasteiger partial charge on any atom is -0.481 e. The zero-order valence-corrected chi connectivity index (χ0v) is 21.5. The molecule has 1 aliphatic carbocycles. The standard InChI is InChI=1S/C29H31F2N3O5/c30-20-14-21(16-38-22-8-5-18(6-9-22)28(36)37)34(15-20)25(35)13-19-7-10-23-27(26(19)31)39-29(32-23)33-12-11-17-3-1-2-4-24(17)33/h1-4,7,10,18,20-22H,5-6,8-9,11-16H2,(H,36,37)/t18-,20-,21-,22-/m0/s1. The van der Waals surface area contributed by atoms with Crippen LogP contribution in [0.15, 0.2) is 40.8 Å². The number of fused-ring (bicyclic) bond motifs is 2. The molecule has 2 fully saturated rings. The van der Waals surface area contributed by atoms with Crippen molar-refractivity contribution >= 4 is 34.7 Å². The van der Waals surface area contributed by atoms with Gasteiger partial charge in [-0.05, 0) is 49.8 Å². The van der Waals surface area contributed by atoms with E-state index in [0.717, 1.165) is 12.1 Å². The fraction of sp³-hybridized carbons (Fsp3) is 0.483. The predicted molar refractivity (Wildman–Crippen MR) is 139 cm³/mol. The van der Waals surface area contributed by atoms with E-state index in [0.29, 0.717) is 43.8 Å². The van der Waals surface area contributed by atoms with E-state index < -0.39 is 24.0 Å². The van der Waals surface area contributed by atoms with Gasteiger partial charge in [0.2, 0.25) is 5.91 Å². The third kappa shape index (κ3) is 5.09. The number of carbonyl (C=O) groups is 2. The summed E-state index contributed by atoms with van der Waals surface area (Å²) in [6.45, 7) is 0.811. The Morgan fingerprint density at radius 2 is 1.92 bits per heavy atom. The van der Waals surface area contributed by atoms with Crippen LogP contribution in [0.3, 0.4) is 0 Å². The molecule has 3 heterocycles. The number of carbonyl (C=O) groups excluding carboxylic acids is 1. The molecule has 1 saturated carbocycles. The van der Waals surface area contributed by atoms with Gasteiger partial charge in [-0.3, -0.25) is 14.5 Å². The fourth-order valence-electron chi connectivity index (χ4n) is 6.09. The van der Waals surface area contributed by atoms with Crippen molar-refractivity contribution in [2.75, 3.05) is 24.6 Å². The van der Waals surface area contributed by atoms with Crippen LogP contribution in [0, 0.1) is 11.7 Å². The van der Waals surface area contributed by atoms with Crippen LogP contribution in [0.5, 0.6) is 0 Å². The van der Waals surface area contributed by atoms with E-state index in [1.54, 1.807) is 6.07 Å². The van der Waals surface area contributed by atoms with Gasteiger partial charge in [-0.15, -0.1) is 0 Å². The van der Waals surface area contributed by atoms with Crippen LogP contribution in [0.2, 0.25) is 0 Å². The molecule has 1 amide bonds. The number of likely N-dealkylation sites (tertiary alicyclic amines) is 1. The number of oxazole rings is 1. The maximum absolute atomic E-state index is 15.5. The SMILES string of the molecule is O=C(Cc1ccc2nc(N3CCc4ccccc43)oc2c1F)N1C[C@@H](F)C[C@H]1CO[C@H]1CC[C@H](C(=O)O)CC1. The highest BCUT2D eigenvalue weighted by molar-refractivity contribution is 5.83. The average Bonchev–Trinajstić information content (AvgIpc) is 3.65. The molecule has 3 aliphatic rings. The van der Waals surface area contributed by atoms with E-state index in [4.69, 9.17) is 9.15 Å². The van der Waals surface area contributed by atoms with Gasteiger partial charge in [0, 0.05) is 24.2 Å². The monoisotopic (exact) mass is 539 g/mol. The molecule has 2 aliphatic heterocycles. The van der Waals surface area contributed by atoms with Crippen molar-refractivity contribution < 1.29 is 32.6 Å². The number of anilines is 2. The third-order valence-electron chi connectivity index (χ3n) is 8.26. The van der Waals surface area contributed by atoms with E-state index >= 15 is 4.39 Å². The molecule has 2 atom stereocenters. The quantitative estimate of drug-likeness (QED) is 0.461. The number of para-hydroxylation sites is 1. The second-order valence-corrected chi connectivity index (χ2v) is 10.8. The number of ether oxygens (including phenoxy) is 1. The lowest BCUT2D eigenvalue weighted by atomic mass is 9.87. The van der Waals surface area contributed by atoms with E-state index in [2.05, 4.69) is 4.98 Å². The van der Waals surface area contributed by atoms with Gasteiger partial charge < -0.3 is 19.2 Å². The Morgan fingerprint density at radius 1 is 1.13 bits per heavy atom. The molecule has 6 rings (SSSR count). The number of amides is 1. The first-order valence-electron chi connectivity index (χ1n) is 13.6. The maximum atomic E-state index is 15.5. The lowest BCUT2D eigenvalue weighted by molar-refractivity contribution is -0.144. The zero-order valence-electron chi connectivity index (χ0n) is 21.5. The summed E-state index contributed by atoms with van der Waals surface area (Å²) < 4.78 is 41.7. The number of benzene rings is 2. The molecule has 0 unspecified atom stereocenters. The highest BCUT2D eigenvalue weighted by Crippen LogP contribution is 2.36. The average molecular weight is 540 g/mol. The molecule has 39 heavy (non-hydrogen) atoms. The predicted octanol–water partition coefficient (Wildman–Crippen LogP) is 4.80.